The van der Waals surface area contributed by atoms with Crippen molar-refractivity contribution >= 4 is 20.0 Å². The van der Waals surface area contributed by atoms with E-state index in [2.05, 4.69) is 11.2 Å². The number of hydrogen-bond donors (Lipinski definition) is 3. The van der Waals surface area contributed by atoms with Crippen molar-refractivity contribution < 1.29 is 19.0 Å². The van der Waals surface area contributed by atoms with Gasteiger partial charge in [0, 0.05) is 11.2 Å². The van der Waals surface area contributed by atoms with E-state index in [1.807, 2.05) is 0 Å². The first-order chi connectivity index (χ1) is 3.85. The molecule has 0 bridgehead atoms. The Balaban J connectivity index is 4.24. The van der Waals surface area contributed by atoms with Gasteiger partial charge in [0.25, 0.3) is 0 Å². The Morgan fingerprint density at radius 2 is 1.89 bits per heavy atom. The lowest BCUT2D eigenvalue weighted by Gasteiger charge is -2.10. The first kappa shape index (κ1) is 9.25. The zero-order chi connectivity index (χ0) is 7.65. The van der Waals surface area contributed by atoms with E-state index in [9.17, 15) is 4.21 Å². The van der Waals surface area contributed by atoms with Crippen molar-refractivity contribution in [1.29, 1.82) is 0 Å². The van der Waals surface area contributed by atoms with Crippen LogP contribution < -0.4 is 0 Å². The van der Waals surface area contributed by atoms with Gasteiger partial charge in [-0.1, -0.05) is 0 Å². The molecule has 3 atom stereocenters. The molecule has 3 unspecified atom stereocenters. The van der Waals surface area contributed by atoms with E-state index in [0.29, 0.717) is 0 Å². The van der Waals surface area contributed by atoms with E-state index in [-0.39, 0.29) is 0 Å². The molecule has 0 radical (unpaired) electrons. The molecule has 0 rings (SSSR count). The van der Waals surface area contributed by atoms with Crippen molar-refractivity contribution in [3.8, 4) is 0 Å². The van der Waals surface area contributed by atoms with E-state index in [0.717, 1.165) is 0 Å². The van der Waals surface area contributed by atoms with Gasteiger partial charge in [0.1, 0.15) is 0 Å². The van der Waals surface area contributed by atoms with Gasteiger partial charge in [-0.15, -0.1) is 0 Å². The number of hydrogen-bond acceptors (Lipinski definition) is 4. The van der Waals surface area contributed by atoms with Gasteiger partial charge in [0.05, 0.1) is 6.10 Å². The van der Waals surface area contributed by atoms with Crippen molar-refractivity contribution in [2.24, 2.45) is 0 Å². The Morgan fingerprint density at radius 1 is 1.56 bits per heavy atom. The Hall–Kier alpha value is 0.250. The Kier molecular flexibility index (Phi) is 2.97. The molecule has 4 nitrogen and oxygen atoms in total. The molecular formula is C3H8O4S2. The summed E-state index contributed by atoms with van der Waals surface area (Å²) in [6.45, 7) is 1.19. The van der Waals surface area contributed by atoms with Gasteiger partial charge in [-0.05, 0) is 6.92 Å². The Bertz CT molecular complexity index is 170. The molecule has 56 valence electrons. The molecule has 0 aromatic heterocycles. The zero-order valence-corrected chi connectivity index (χ0v) is 6.35. The van der Waals surface area contributed by atoms with Crippen molar-refractivity contribution in [2.75, 3.05) is 0 Å². The molecular weight excluding hydrogens is 164 g/mol. The fourth-order valence-corrected chi connectivity index (χ4v) is 1.23. The first-order valence-corrected chi connectivity index (χ1v) is 4.68. The van der Waals surface area contributed by atoms with Gasteiger partial charge in [0.2, 0.25) is 0 Å². The average Bonchev–Trinajstić information content (AvgIpc) is 1.62. The van der Waals surface area contributed by atoms with Crippen LogP contribution in [0.4, 0.5) is 0 Å². The summed E-state index contributed by atoms with van der Waals surface area (Å²) in [6, 6.07) is 0. The standard InChI is InChI=1S/C3H8O4S2/c1-2(4)3(5)9(6,7)8/h2-5H,1H3,(H,6,7,8). The Morgan fingerprint density at radius 3 is 1.89 bits per heavy atom. The summed E-state index contributed by atoms with van der Waals surface area (Å²) in [4.78, 5) is 0. The predicted octanol–water partition coefficient (Wildman–Crippen LogP) is -1.10. The molecule has 3 N–H and O–H groups in total. The molecule has 9 heavy (non-hydrogen) atoms. The van der Waals surface area contributed by atoms with Crippen LogP contribution in [-0.2, 0) is 20.0 Å². The monoisotopic (exact) mass is 172 g/mol. The molecule has 0 aliphatic heterocycles. The summed E-state index contributed by atoms with van der Waals surface area (Å²) in [5, 5.41) is 17.1. The molecule has 6 heteroatoms. The number of rotatable bonds is 2. The van der Waals surface area contributed by atoms with E-state index >= 15 is 0 Å². The summed E-state index contributed by atoms with van der Waals surface area (Å²) in [7, 11) is -3.66. The summed E-state index contributed by atoms with van der Waals surface area (Å²) in [5.41, 5.74) is -1.73. The smallest absolute Gasteiger partial charge is 0.180 e. The fraction of sp³-hybridized carbons (Fsp3) is 1.00. The van der Waals surface area contributed by atoms with Gasteiger partial charge in [-0.25, -0.2) is 4.21 Å². The molecule has 0 aliphatic rings. The first-order valence-electron chi connectivity index (χ1n) is 2.18. The highest BCUT2D eigenvalue weighted by atomic mass is 32.8. The van der Waals surface area contributed by atoms with Crippen LogP contribution in [0.1, 0.15) is 6.92 Å². The normalized spacial score (nSPS) is 24.4. The van der Waals surface area contributed by atoms with Crippen LogP contribution in [0.5, 0.6) is 0 Å². The zero-order valence-electron chi connectivity index (χ0n) is 4.72. The largest absolute Gasteiger partial charge is 0.390 e. The summed E-state index contributed by atoms with van der Waals surface area (Å²) >= 11 is 3.96. The summed E-state index contributed by atoms with van der Waals surface area (Å²) < 4.78 is 18.7. The third-order valence-electron chi connectivity index (χ3n) is 0.718. The molecule has 0 fully saturated rings. The van der Waals surface area contributed by atoms with E-state index in [1.54, 1.807) is 0 Å². The lowest BCUT2D eigenvalue weighted by atomic mass is 10.4. The van der Waals surface area contributed by atoms with Crippen molar-refractivity contribution in [1.82, 2.24) is 0 Å². The average molecular weight is 172 g/mol. The van der Waals surface area contributed by atoms with E-state index in [4.69, 9.17) is 14.8 Å². The van der Waals surface area contributed by atoms with Crippen molar-refractivity contribution in [3.63, 3.8) is 0 Å². The maximum Gasteiger partial charge on any atom is 0.180 e. The lowest BCUT2D eigenvalue weighted by Crippen LogP contribution is -2.30. The maximum absolute atomic E-state index is 10.3. The van der Waals surface area contributed by atoms with Crippen LogP contribution in [0.3, 0.4) is 0 Å². The maximum atomic E-state index is 10.3. The van der Waals surface area contributed by atoms with Crippen molar-refractivity contribution in [3.05, 3.63) is 0 Å². The number of aliphatic hydroxyl groups is 2. The van der Waals surface area contributed by atoms with Crippen LogP contribution in [0, 0.1) is 0 Å². The van der Waals surface area contributed by atoms with Crippen LogP contribution in [0.15, 0.2) is 0 Å². The molecule has 0 saturated carbocycles. The van der Waals surface area contributed by atoms with Crippen LogP contribution in [-0.4, -0.2) is 30.5 Å². The SMILES string of the molecule is CC(O)C(O)S(=O)(O)=S. The van der Waals surface area contributed by atoms with E-state index < -0.39 is 20.3 Å². The highest BCUT2D eigenvalue weighted by Crippen LogP contribution is 1.99. The molecule has 0 aliphatic carbocycles. The third kappa shape index (κ3) is 3.07. The summed E-state index contributed by atoms with van der Waals surface area (Å²) in [5.74, 6) is 0. The second kappa shape index (κ2) is 2.89. The van der Waals surface area contributed by atoms with Gasteiger partial charge in [0.15, 0.2) is 14.2 Å². The highest BCUT2D eigenvalue weighted by molar-refractivity contribution is 8.29. The minimum absolute atomic E-state index is 1.19. The predicted molar refractivity (Wildman–Crippen MR) is 35.8 cm³/mol. The molecule has 0 aromatic rings. The second-order valence-electron chi connectivity index (χ2n) is 1.65. The van der Waals surface area contributed by atoms with E-state index in [1.165, 1.54) is 6.92 Å². The highest BCUT2D eigenvalue weighted by Gasteiger charge is 2.20. The van der Waals surface area contributed by atoms with Gasteiger partial charge in [-0.2, -0.15) is 0 Å². The molecule has 0 spiro atoms. The topological polar surface area (TPSA) is 77.8 Å². The van der Waals surface area contributed by atoms with Crippen LogP contribution >= 0.6 is 0 Å². The molecule has 0 amide bonds. The lowest BCUT2D eigenvalue weighted by molar-refractivity contribution is 0.0796. The quantitative estimate of drug-likeness (QED) is 0.493. The second-order valence-corrected chi connectivity index (χ2v) is 4.59. The summed E-state index contributed by atoms with van der Waals surface area (Å²) in [6.07, 6.45) is -1.26. The molecule has 0 heterocycles. The molecule has 0 saturated heterocycles. The minimum atomic E-state index is -3.66. The van der Waals surface area contributed by atoms with Crippen LogP contribution in [0.25, 0.3) is 0 Å². The van der Waals surface area contributed by atoms with Gasteiger partial charge >= 0.3 is 0 Å². The van der Waals surface area contributed by atoms with Gasteiger partial charge in [-0.3, -0.25) is 0 Å². The number of aliphatic hydroxyl groups excluding tert-OH is 2. The van der Waals surface area contributed by atoms with Crippen molar-refractivity contribution in [2.45, 2.75) is 18.5 Å². The minimum Gasteiger partial charge on any atom is -0.390 e. The fourth-order valence-electron chi connectivity index (χ4n) is 0.249. The molecule has 0 aromatic carbocycles. The van der Waals surface area contributed by atoms with Gasteiger partial charge < -0.3 is 14.8 Å². The third-order valence-corrected chi connectivity index (χ3v) is 2.31. The van der Waals surface area contributed by atoms with Crippen LogP contribution in [0.2, 0.25) is 0 Å². The Labute approximate surface area is 58.0 Å².